The first kappa shape index (κ1) is 8.63. The predicted octanol–water partition coefficient (Wildman–Crippen LogP) is 3.06. The van der Waals surface area contributed by atoms with Crippen LogP contribution in [0.1, 0.15) is 18.6 Å². The zero-order valence-corrected chi connectivity index (χ0v) is 7.16. The van der Waals surface area contributed by atoms with E-state index in [9.17, 15) is 0 Å². The maximum Gasteiger partial charge on any atom is 0.125 e. The smallest absolute Gasteiger partial charge is 0.125 e. The molecule has 0 saturated carbocycles. The first-order valence-corrected chi connectivity index (χ1v) is 3.89. The van der Waals surface area contributed by atoms with Crippen molar-refractivity contribution in [2.75, 3.05) is 0 Å². The third-order valence-electron chi connectivity index (χ3n) is 1.62. The molecule has 62 valence electrons. The van der Waals surface area contributed by atoms with Crippen LogP contribution in [0.2, 0.25) is 0 Å². The van der Waals surface area contributed by atoms with Crippen LogP contribution in [0, 0.1) is 0 Å². The van der Waals surface area contributed by atoms with Crippen LogP contribution in [0.5, 0.6) is 0 Å². The van der Waals surface area contributed by atoms with Crippen molar-refractivity contribution in [1.29, 1.82) is 0 Å². The Morgan fingerprint density at radius 3 is 2.67 bits per heavy atom. The molecule has 0 aliphatic rings. The molecule has 1 atom stereocenters. The minimum absolute atomic E-state index is 0.0699. The SMILES string of the molecule is C=C=CO[C@H](C)c1ccccc1. The molecule has 1 rings (SSSR count). The van der Waals surface area contributed by atoms with Gasteiger partial charge in [0, 0.05) is 0 Å². The monoisotopic (exact) mass is 160 g/mol. The Morgan fingerprint density at radius 1 is 1.42 bits per heavy atom. The van der Waals surface area contributed by atoms with Crippen molar-refractivity contribution in [3.05, 3.63) is 54.5 Å². The summed E-state index contributed by atoms with van der Waals surface area (Å²) in [4.78, 5) is 0. The lowest BCUT2D eigenvalue weighted by atomic mass is 10.1. The predicted molar refractivity (Wildman–Crippen MR) is 49.7 cm³/mol. The van der Waals surface area contributed by atoms with E-state index < -0.39 is 0 Å². The largest absolute Gasteiger partial charge is 0.485 e. The molecule has 1 aromatic rings. The van der Waals surface area contributed by atoms with Gasteiger partial charge < -0.3 is 4.74 Å². The average molecular weight is 160 g/mol. The molecule has 0 unspecified atom stereocenters. The first-order chi connectivity index (χ1) is 5.84. The van der Waals surface area contributed by atoms with Gasteiger partial charge in [-0.2, -0.15) is 0 Å². The fourth-order valence-corrected chi connectivity index (χ4v) is 0.953. The van der Waals surface area contributed by atoms with E-state index in [2.05, 4.69) is 12.3 Å². The number of benzene rings is 1. The van der Waals surface area contributed by atoms with Crippen LogP contribution in [0.4, 0.5) is 0 Å². The van der Waals surface area contributed by atoms with Crippen LogP contribution < -0.4 is 0 Å². The molecule has 1 heteroatoms. The van der Waals surface area contributed by atoms with E-state index in [1.807, 2.05) is 37.3 Å². The standard InChI is InChI=1S/C11H12O/c1-3-9-12-10(2)11-7-5-4-6-8-11/h4-10H,1H2,2H3/t10-/m1/s1. The lowest BCUT2D eigenvalue weighted by Crippen LogP contribution is -1.93. The van der Waals surface area contributed by atoms with Gasteiger partial charge in [-0.3, -0.25) is 0 Å². The summed E-state index contributed by atoms with van der Waals surface area (Å²) in [6, 6.07) is 10.0. The second-order valence-electron chi connectivity index (χ2n) is 2.51. The second-order valence-corrected chi connectivity index (χ2v) is 2.51. The third kappa shape index (κ3) is 2.30. The Kier molecular flexibility index (Phi) is 3.18. The van der Waals surface area contributed by atoms with Crippen LogP contribution in [0.15, 0.2) is 48.9 Å². The summed E-state index contributed by atoms with van der Waals surface area (Å²) in [6.07, 6.45) is 1.55. The van der Waals surface area contributed by atoms with Crippen molar-refractivity contribution in [1.82, 2.24) is 0 Å². The molecular weight excluding hydrogens is 148 g/mol. The van der Waals surface area contributed by atoms with E-state index in [1.165, 1.54) is 6.26 Å². The first-order valence-electron chi connectivity index (χ1n) is 3.89. The van der Waals surface area contributed by atoms with Crippen LogP contribution in [-0.4, -0.2) is 0 Å². The van der Waals surface area contributed by atoms with E-state index in [-0.39, 0.29) is 6.10 Å². The molecule has 0 N–H and O–H groups in total. The Hall–Kier alpha value is -1.46. The minimum atomic E-state index is 0.0699. The number of hydrogen-bond acceptors (Lipinski definition) is 1. The molecule has 0 aromatic heterocycles. The number of rotatable bonds is 3. The van der Waals surface area contributed by atoms with Crippen molar-refractivity contribution in [2.45, 2.75) is 13.0 Å². The fourth-order valence-electron chi connectivity index (χ4n) is 0.953. The summed E-state index contributed by atoms with van der Waals surface area (Å²) < 4.78 is 5.28. The van der Waals surface area contributed by atoms with Gasteiger partial charge in [-0.15, -0.1) is 0 Å². The molecule has 0 radical (unpaired) electrons. The van der Waals surface area contributed by atoms with Gasteiger partial charge in [-0.1, -0.05) is 42.6 Å². The normalized spacial score (nSPS) is 11.4. The third-order valence-corrected chi connectivity index (χ3v) is 1.62. The lowest BCUT2D eigenvalue weighted by Gasteiger charge is -2.09. The quantitative estimate of drug-likeness (QED) is 0.487. The van der Waals surface area contributed by atoms with Gasteiger partial charge in [0.1, 0.15) is 12.4 Å². The van der Waals surface area contributed by atoms with Gasteiger partial charge in [0.05, 0.1) is 0 Å². The van der Waals surface area contributed by atoms with E-state index in [1.54, 1.807) is 0 Å². The van der Waals surface area contributed by atoms with Crippen molar-refractivity contribution in [3.8, 4) is 0 Å². The van der Waals surface area contributed by atoms with Crippen LogP contribution in [0.25, 0.3) is 0 Å². The Morgan fingerprint density at radius 2 is 2.08 bits per heavy atom. The highest BCUT2D eigenvalue weighted by Gasteiger charge is 2.01. The number of ether oxygens (including phenoxy) is 1. The molecular formula is C11H12O. The zero-order chi connectivity index (χ0) is 8.81. The summed E-state index contributed by atoms with van der Waals surface area (Å²) in [7, 11) is 0. The molecule has 1 aromatic carbocycles. The van der Waals surface area contributed by atoms with E-state index in [4.69, 9.17) is 4.74 Å². The fraction of sp³-hybridized carbons (Fsp3) is 0.182. The van der Waals surface area contributed by atoms with E-state index in [0.717, 1.165) is 5.56 Å². The molecule has 0 amide bonds. The molecule has 12 heavy (non-hydrogen) atoms. The van der Waals surface area contributed by atoms with Crippen molar-refractivity contribution >= 4 is 0 Å². The van der Waals surface area contributed by atoms with Gasteiger partial charge in [-0.25, -0.2) is 0 Å². The second kappa shape index (κ2) is 4.42. The summed E-state index contributed by atoms with van der Waals surface area (Å²) in [5, 5.41) is 0. The lowest BCUT2D eigenvalue weighted by molar-refractivity contribution is 0.165. The van der Waals surface area contributed by atoms with Crippen LogP contribution >= 0.6 is 0 Å². The number of hydrogen-bond donors (Lipinski definition) is 0. The van der Waals surface area contributed by atoms with Crippen LogP contribution in [-0.2, 0) is 4.74 Å². The molecule has 1 nitrogen and oxygen atoms in total. The Labute approximate surface area is 73.0 Å². The van der Waals surface area contributed by atoms with Crippen LogP contribution in [0.3, 0.4) is 0 Å². The molecule has 0 fully saturated rings. The molecule has 0 spiro atoms. The van der Waals surface area contributed by atoms with E-state index in [0.29, 0.717) is 0 Å². The highest BCUT2D eigenvalue weighted by molar-refractivity contribution is 5.16. The molecule has 0 aliphatic carbocycles. The highest BCUT2D eigenvalue weighted by atomic mass is 16.5. The van der Waals surface area contributed by atoms with Gasteiger partial charge in [0.15, 0.2) is 0 Å². The van der Waals surface area contributed by atoms with Gasteiger partial charge >= 0.3 is 0 Å². The minimum Gasteiger partial charge on any atom is -0.485 e. The van der Waals surface area contributed by atoms with Crippen molar-refractivity contribution < 1.29 is 4.74 Å². The summed E-state index contributed by atoms with van der Waals surface area (Å²) >= 11 is 0. The molecule has 0 saturated heterocycles. The van der Waals surface area contributed by atoms with Gasteiger partial charge in [0.2, 0.25) is 0 Å². The van der Waals surface area contributed by atoms with Crippen molar-refractivity contribution in [3.63, 3.8) is 0 Å². The Balaban J connectivity index is 2.65. The zero-order valence-electron chi connectivity index (χ0n) is 7.16. The van der Waals surface area contributed by atoms with Gasteiger partial charge in [-0.05, 0) is 12.5 Å². The molecule has 0 aliphatic heterocycles. The van der Waals surface area contributed by atoms with Gasteiger partial charge in [0.25, 0.3) is 0 Å². The summed E-state index contributed by atoms with van der Waals surface area (Å²) in [5.74, 6) is 0. The summed E-state index contributed by atoms with van der Waals surface area (Å²) in [6.45, 7) is 5.41. The highest BCUT2D eigenvalue weighted by Crippen LogP contribution is 2.15. The summed E-state index contributed by atoms with van der Waals surface area (Å²) in [5.41, 5.74) is 3.73. The average Bonchev–Trinajstić information content (AvgIpc) is 2.15. The molecule has 0 bridgehead atoms. The topological polar surface area (TPSA) is 9.23 Å². The van der Waals surface area contributed by atoms with E-state index >= 15 is 0 Å². The maximum atomic E-state index is 5.28. The Bertz CT molecular complexity index is 270. The van der Waals surface area contributed by atoms with Crippen molar-refractivity contribution in [2.24, 2.45) is 0 Å². The maximum absolute atomic E-state index is 5.28. The molecule has 0 heterocycles.